The molecule has 0 spiro atoms. The quantitative estimate of drug-likeness (QED) is 0.132. The van der Waals surface area contributed by atoms with Crippen LogP contribution in [0.4, 0.5) is 0 Å². The van der Waals surface area contributed by atoms with E-state index in [0.717, 1.165) is 83.5 Å². The fourth-order valence-electron chi connectivity index (χ4n) is 19.9. The number of carbonyl (C=O) groups excluding carboxylic acids is 2. The van der Waals surface area contributed by atoms with Crippen molar-refractivity contribution in [1.29, 1.82) is 0 Å². The third-order valence-corrected chi connectivity index (χ3v) is 24.3. The Balaban J connectivity index is 0.975. The molecule has 0 radical (unpaired) electrons. The van der Waals surface area contributed by atoms with Gasteiger partial charge in [-0.15, -0.1) is 0 Å². The van der Waals surface area contributed by atoms with Crippen LogP contribution in [0.15, 0.2) is 23.8 Å². The minimum absolute atomic E-state index is 0.0536. The Kier molecular flexibility index (Phi) is 13.0. The summed E-state index contributed by atoms with van der Waals surface area (Å²) in [4.78, 5) is 27.6. The molecular weight excluding hydrogens is 833 g/mol. The van der Waals surface area contributed by atoms with Crippen molar-refractivity contribution in [3.8, 4) is 0 Å². The number of aliphatic hydroxyl groups is 3. The van der Waals surface area contributed by atoms with E-state index in [1.807, 2.05) is 13.8 Å². The van der Waals surface area contributed by atoms with Crippen LogP contribution in [0.2, 0.25) is 0 Å². The minimum atomic E-state index is -1.43. The van der Waals surface area contributed by atoms with E-state index in [1.54, 1.807) is 19.4 Å². The number of esters is 1. The molecule has 0 bridgehead atoms. The van der Waals surface area contributed by atoms with Crippen molar-refractivity contribution in [2.45, 2.75) is 255 Å². The highest BCUT2D eigenvalue weighted by Crippen LogP contribution is 2.76. The van der Waals surface area contributed by atoms with Gasteiger partial charge in [-0.3, -0.25) is 9.59 Å². The van der Waals surface area contributed by atoms with Gasteiger partial charge >= 0.3 is 5.97 Å². The summed E-state index contributed by atoms with van der Waals surface area (Å²) < 4.78 is 13.4. The maximum Gasteiger partial charge on any atom is 0.306 e. The highest BCUT2D eigenvalue weighted by Gasteiger charge is 2.69. The van der Waals surface area contributed by atoms with Crippen molar-refractivity contribution in [2.75, 3.05) is 0 Å². The Morgan fingerprint density at radius 1 is 0.821 bits per heavy atom. The number of hydrogen-bond acceptors (Lipinski definition) is 7. The summed E-state index contributed by atoms with van der Waals surface area (Å²) in [6.07, 6.45) is 17.9. The van der Waals surface area contributed by atoms with Gasteiger partial charge in [0.1, 0.15) is 18.0 Å². The van der Waals surface area contributed by atoms with Gasteiger partial charge in [0.25, 0.3) is 0 Å². The van der Waals surface area contributed by atoms with E-state index in [9.17, 15) is 24.9 Å². The molecular formula is C60H98O7. The van der Waals surface area contributed by atoms with Crippen LogP contribution in [0.1, 0.15) is 219 Å². The van der Waals surface area contributed by atoms with Crippen LogP contribution in [0.25, 0.3) is 0 Å². The predicted molar refractivity (Wildman–Crippen MR) is 269 cm³/mol. The molecule has 1 heterocycles. The largest absolute Gasteiger partial charge is 0.459 e. The lowest BCUT2D eigenvalue weighted by Crippen LogP contribution is -2.58. The Bertz CT molecular complexity index is 1970. The summed E-state index contributed by atoms with van der Waals surface area (Å²) in [7, 11) is 0. The number of ether oxygens (including phenoxy) is 2. The van der Waals surface area contributed by atoms with Gasteiger partial charge in [0.15, 0.2) is 0 Å². The van der Waals surface area contributed by atoms with Gasteiger partial charge in [-0.1, -0.05) is 86.1 Å². The number of allylic oxidation sites excluding steroid dienone is 3. The molecule has 0 aromatic rings. The summed E-state index contributed by atoms with van der Waals surface area (Å²) in [6, 6.07) is 0. The Morgan fingerprint density at radius 3 is 2.10 bits per heavy atom. The second-order valence-electron chi connectivity index (χ2n) is 28.7. The third-order valence-electron chi connectivity index (χ3n) is 24.3. The van der Waals surface area contributed by atoms with E-state index in [0.29, 0.717) is 60.1 Å². The molecule has 1 aliphatic heterocycles. The molecule has 8 aliphatic rings. The molecule has 0 aromatic carbocycles. The number of aliphatic hydroxyl groups excluding tert-OH is 1. The van der Waals surface area contributed by atoms with Gasteiger partial charge in [-0.25, -0.2) is 0 Å². The van der Waals surface area contributed by atoms with Gasteiger partial charge in [0, 0.05) is 18.3 Å². The number of fused-ring (bicyclic) bond motifs is 8. The second-order valence-corrected chi connectivity index (χ2v) is 28.7. The van der Waals surface area contributed by atoms with Crippen LogP contribution in [0.5, 0.6) is 0 Å². The lowest BCUT2D eigenvalue weighted by Gasteiger charge is -2.64. The van der Waals surface area contributed by atoms with Crippen molar-refractivity contribution in [1.82, 2.24) is 0 Å². The summed E-state index contributed by atoms with van der Waals surface area (Å²) >= 11 is 0. The van der Waals surface area contributed by atoms with E-state index in [4.69, 9.17) is 9.47 Å². The van der Waals surface area contributed by atoms with E-state index >= 15 is 0 Å². The topological polar surface area (TPSA) is 113 Å². The summed E-state index contributed by atoms with van der Waals surface area (Å²) in [5.74, 6) is 3.36. The Morgan fingerprint density at radius 2 is 1.48 bits per heavy atom. The molecule has 7 heteroatoms. The smallest absolute Gasteiger partial charge is 0.306 e. The Labute approximate surface area is 408 Å². The first-order chi connectivity index (χ1) is 30.7. The van der Waals surface area contributed by atoms with Crippen molar-refractivity contribution < 1.29 is 34.4 Å². The first kappa shape index (κ1) is 51.8. The summed E-state index contributed by atoms with van der Waals surface area (Å²) in [5, 5.41) is 34.1. The van der Waals surface area contributed by atoms with E-state index in [2.05, 4.69) is 88.8 Å². The first-order valence-electron chi connectivity index (χ1n) is 27.6. The monoisotopic (exact) mass is 931 g/mol. The zero-order chi connectivity index (χ0) is 49.5. The van der Waals surface area contributed by atoms with Crippen molar-refractivity contribution in [3.63, 3.8) is 0 Å². The maximum absolute atomic E-state index is 14.4. The number of hydrogen-bond donors (Lipinski definition) is 3. The van der Waals surface area contributed by atoms with Gasteiger partial charge in [-0.05, 0) is 224 Å². The fraction of sp³-hybridized carbons (Fsp3) is 0.900. The van der Waals surface area contributed by atoms with E-state index in [1.165, 1.54) is 18.4 Å². The van der Waals surface area contributed by atoms with E-state index in [-0.39, 0.29) is 67.9 Å². The van der Waals surface area contributed by atoms with Crippen LogP contribution in [0, 0.1) is 85.2 Å². The molecule has 7 fully saturated rings. The van der Waals surface area contributed by atoms with Crippen LogP contribution in [-0.4, -0.2) is 62.2 Å². The maximum atomic E-state index is 14.4. The molecule has 3 N–H and O–H groups in total. The van der Waals surface area contributed by atoms with Crippen LogP contribution < -0.4 is 0 Å². The molecule has 380 valence electrons. The zero-order valence-corrected chi connectivity index (χ0v) is 45.3. The predicted octanol–water partition coefficient (Wildman–Crippen LogP) is 13.2. The number of Topliss-reactive ketones (excluding diaryl/α,β-unsaturated/α-hetero) is 1. The lowest BCUT2D eigenvalue weighted by molar-refractivity contribution is -0.188. The molecule has 18 atom stereocenters. The van der Waals surface area contributed by atoms with Gasteiger partial charge in [0.2, 0.25) is 0 Å². The summed E-state index contributed by atoms with van der Waals surface area (Å²) in [6.45, 7) is 38.1. The number of carbonyl (C=O) groups is 2. The van der Waals surface area contributed by atoms with Crippen molar-refractivity contribution in [3.05, 3.63) is 23.8 Å². The van der Waals surface area contributed by atoms with E-state index < -0.39 is 23.4 Å². The van der Waals surface area contributed by atoms with Crippen molar-refractivity contribution in [2.24, 2.45) is 85.2 Å². The first-order valence-corrected chi connectivity index (χ1v) is 27.6. The second kappa shape index (κ2) is 16.8. The minimum Gasteiger partial charge on any atom is -0.459 e. The molecule has 7 nitrogen and oxygen atoms in total. The molecule has 0 amide bonds. The zero-order valence-electron chi connectivity index (χ0n) is 45.3. The average Bonchev–Trinajstić information content (AvgIpc) is 3.86. The third kappa shape index (κ3) is 7.81. The average molecular weight is 931 g/mol. The van der Waals surface area contributed by atoms with Crippen LogP contribution in [-0.2, 0) is 19.1 Å². The normalized spacial score (nSPS) is 47.4. The van der Waals surface area contributed by atoms with Crippen LogP contribution in [0.3, 0.4) is 0 Å². The summed E-state index contributed by atoms with van der Waals surface area (Å²) in [5.41, 5.74) is 0.441. The molecule has 8 rings (SSSR count). The lowest BCUT2D eigenvalue weighted by atomic mass is 9.40. The highest BCUT2D eigenvalue weighted by atomic mass is 16.6. The number of ketones is 1. The SMILES string of the molecule is C=C(C)[C@@H]1CC[C@@H]2[C@H](CC[C@@]3(C)[C@H]([C@]4(C)CC[C@H](C(C)(C)O)O4)CC[C@]23C)[C@@]1(C)CCC(=O)O[C@@H](C[C@H](C)[C@@H]1CC[C@]2(C)C3=CC[C@H]4C(C)(C)C(=O)CC[C@]4(C)[C@H]3CC[C@@]12C)[C@H](O)C(C)(C)O. The highest BCUT2D eigenvalue weighted by molar-refractivity contribution is 5.85. The molecule has 7 aliphatic carbocycles. The van der Waals surface area contributed by atoms with Gasteiger partial charge in [0.05, 0.1) is 22.9 Å². The molecule has 6 saturated carbocycles. The van der Waals surface area contributed by atoms with Gasteiger partial charge in [-0.2, -0.15) is 0 Å². The fourth-order valence-corrected chi connectivity index (χ4v) is 19.9. The molecule has 67 heavy (non-hydrogen) atoms. The Hall–Kier alpha value is -1.54. The van der Waals surface area contributed by atoms with Gasteiger partial charge < -0.3 is 24.8 Å². The molecule has 0 unspecified atom stereocenters. The van der Waals surface area contributed by atoms with Crippen LogP contribution >= 0.6 is 0 Å². The van der Waals surface area contributed by atoms with Crippen molar-refractivity contribution >= 4 is 11.8 Å². The standard InChI is InChI=1S/C60H98O7/c1-36(2)38-17-18-42-40(23-32-59(15)46(24-33-58(42,59)14)60(16)34-26-48(67-60)52(6,7)64)54(38,10)29-27-49(62)66-44(50(63)53(8,9)65)35-37(3)39-21-30-57(13)43-19-20-45-51(4,5)47(61)25-28-55(45,11)41(43)22-31-56(39,57)12/h19,37-42,44-46,48,50,63-65H,1,17-18,20-35H2,2-16H3/t37-,38-,39-,40-,41-,42+,44-,45-,46+,48+,50-,54-,55+,56-,57+,58+,59-,60-/m0/s1. The number of rotatable bonds is 12. The molecule has 1 saturated heterocycles. The molecule has 0 aromatic heterocycles.